The molecule has 0 unspecified atom stereocenters. The Kier molecular flexibility index (Phi) is 12.7. The van der Waals surface area contributed by atoms with Gasteiger partial charge < -0.3 is 20.1 Å². The summed E-state index contributed by atoms with van der Waals surface area (Å²) in [6.07, 6.45) is 5.96. The number of rotatable bonds is 9. The maximum Gasteiger partial charge on any atom is 0.191 e. The van der Waals surface area contributed by atoms with E-state index in [0.29, 0.717) is 32.4 Å². The summed E-state index contributed by atoms with van der Waals surface area (Å²) in [5.41, 5.74) is 7.26. The third-order valence-electron chi connectivity index (χ3n) is 4.13. The van der Waals surface area contributed by atoms with Gasteiger partial charge in [-0.25, -0.2) is 0 Å². The van der Waals surface area contributed by atoms with Crippen LogP contribution < -0.4 is 5.73 Å². The standard InChI is InChI=1S/C19H31N3O2.HI/c20-19(22-12-6-1-2-7-13-22)21-11-8-14-23-15-16-24-17-18-9-4-3-5-10-18;/h3-5,9-10H,1-2,6-8,11-17H2,(H2,20,21);1H. The number of nitrogens with two attached hydrogens (primary N) is 1. The molecule has 5 nitrogen and oxygen atoms in total. The van der Waals surface area contributed by atoms with Crippen molar-refractivity contribution in [1.29, 1.82) is 0 Å². The molecular weight excluding hydrogens is 429 g/mol. The van der Waals surface area contributed by atoms with Gasteiger partial charge in [0, 0.05) is 26.2 Å². The zero-order chi connectivity index (χ0) is 16.9. The molecule has 142 valence electrons. The zero-order valence-electron chi connectivity index (χ0n) is 15.1. The van der Waals surface area contributed by atoms with E-state index in [1.54, 1.807) is 0 Å². The predicted molar refractivity (Wildman–Crippen MR) is 113 cm³/mol. The Hall–Kier alpha value is -0.860. The van der Waals surface area contributed by atoms with E-state index in [4.69, 9.17) is 15.2 Å². The Morgan fingerprint density at radius 1 is 0.960 bits per heavy atom. The molecule has 2 rings (SSSR count). The van der Waals surface area contributed by atoms with Crippen LogP contribution in [0.25, 0.3) is 0 Å². The molecular formula is C19H32IN3O2. The largest absolute Gasteiger partial charge is 0.379 e. The first kappa shape index (κ1) is 22.2. The van der Waals surface area contributed by atoms with E-state index in [1.165, 1.54) is 31.2 Å². The lowest BCUT2D eigenvalue weighted by atomic mass is 10.2. The topological polar surface area (TPSA) is 60.1 Å². The van der Waals surface area contributed by atoms with Crippen molar-refractivity contribution in [2.24, 2.45) is 10.7 Å². The maximum atomic E-state index is 6.07. The van der Waals surface area contributed by atoms with Gasteiger partial charge in [0.05, 0.1) is 19.8 Å². The number of hydrogen-bond donors (Lipinski definition) is 1. The van der Waals surface area contributed by atoms with Gasteiger partial charge in [0.25, 0.3) is 0 Å². The highest BCUT2D eigenvalue weighted by atomic mass is 127. The van der Waals surface area contributed by atoms with Crippen molar-refractivity contribution in [2.45, 2.75) is 38.7 Å². The summed E-state index contributed by atoms with van der Waals surface area (Å²) < 4.78 is 11.1. The summed E-state index contributed by atoms with van der Waals surface area (Å²) >= 11 is 0. The van der Waals surface area contributed by atoms with Crippen LogP contribution >= 0.6 is 24.0 Å². The number of hydrogen-bond acceptors (Lipinski definition) is 3. The van der Waals surface area contributed by atoms with E-state index in [-0.39, 0.29) is 24.0 Å². The minimum atomic E-state index is 0. The summed E-state index contributed by atoms with van der Waals surface area (Å²) in [7, 11) is 0. The van der Waals surface area contributed by atoms with Gasteiger partial charge in [0.15, 0.2) is 5.96 Å². The van der Waals surface area contributed by atoms with Crippen molar-refractivity contribution in [3.63, 3.8) is 0 Å². The monoisotopic (exact) mass is 461 g/mol. The smallest absolute Gasteiger partial charge is 0.191 e. The van der Waals surface area contributed by atoms with Crippen molar-refractivity contribution < 1.29 is 9.47 Å². The van der Waals surface area contributed by atoms with E-state index in [1.807, 2.05) is 18.2 Å². The van der Waals surface area contributed by atoms with Crippen LogP contribution in [0.1, 0.15) is 37.7 Å². The second-order valence-electron chi connectivity index (χ2n) is 6.15. The number of aliphatic imine (C=N–C) groups is 1. The minimum absolute atomic E-state index is 0. The SMILES string of the molecule is I.NC(=NCCCOCCOCc1ccccc1)N1CCCCCC1. The van der Waals surface area contributed by atoms with Gasteiger partial charge in [-0.15, -0.1) is 24.0 Å². The van der Waals surface area contributed by atoms with Gasteiger partial charge >= 0.3 is 0 Å². The molecule has 0 spiro atoms. The maximum absolute atomic E-state index is 6.07. The van der Waals surface area contributed by atoms with Gasteiger partial charge in [0.1, 0.15) is 0 Å². The average molecular weight is 461 g/mol. The molecule has 1 aliphatic heterocycles. The molecule has 0 aromatic heterocycles. The fourth-order valence-corrected chi connectivity index (χ4v) is 2.74. The van der Waals surface area contributed by atoms with E-state index in [9.17, 15) is 0 Å². The van der Waals surface area contributed by atoms with Gasteiger partial charge in [-0.05, 0) is 24.8 Å². The first-order valence-electron chi connectivity index (χ1n) is 9.10. The molecule has 0 bridgehead atoms. The van der Waals surface area contributed by atoms with Crippen LogP contribution in [0.15, 0.2) is 35.3 Å². The van der Waals surface area contributed by atoms with Crippen molar-refractivity contribution in [3.05, 3.63) is 35.9 Å². The summed E-state index contributed by atoms with van der Waals surface area (Å²) in [6, 6.07) is 10.2. The number of nitrogens with zero attached hydrogens (tertiary/aromatic N) is 2. The Balaban J connectivity index is 0.00000312. The highest BCUT2D eigenvalue weighted by Gasteiger charge is 2.10. The first-order valence-corrected chi connectivity index (χ1v) is 9.10. The molecule has 6 heteroatoms. The summed E-state index contributed by atoms with van der Waals surface area (Å²) in [5, 5.41) is 0. The Morgan fingerprint density at radius 2 is 1.64 bits per heavy atom. The molecule has 1 aliphatic rings. The lowest BCUT2D eigenvalue weighted by Crippen LogP contribution is -2.38. The van der Waals surface area contributed by atoms with Crippen molar-refractivity contribution in [2.75, 3.05) is 39.5 Å². The van der Waals surface area contributed by atoms with Crippen LogP contribution in [0.2, 0.25) is 0 Å². The minimum Gasteiger partial charge on any atom is -0.379 e. The third kappa shape index (κ3) is 10.0. The molecule has 0 atom stereocenters. The zero-order valence-corrected chi connectivity index (χ0v) is 17.4. The van der Waals surface area contributed by atoms with Crippen LogP contribution in [0.3, 0.4) is 0 Å². The molecule has 1 saturated heterocycles. The molecule has 0 saturated carbocycles. The second kappa shape index (κ2) is 14.3. The van der Waals surface area contributed by atoms with Crippen LogP contribution in [0.4, 0.5) is 0 Å². The van der Waals surface area contributed by atoms with Gasteiger partial charge in [-0.3, -0.25) is 4.99 Å². The van der Waals surface area contributed by atoms with Crippen LogP contribution in [0, 0.1) is 0 Å². The van der Waals surface area contributed by atoms with Crippen molar-refractivity contribution >= 4 is 29.9 Å². The molecule has 0 radical (unpaired) electrons. The molecule has 1 aromatic carbocycles. The highest BCUT2D eigenvalue weighted by molar-refractivity contribution is 14.0. The predicted octanol–water partition coefficient (Wildman–Crippen LogP) is 3.42. The lowest BCUT2D eigenvalue weighted by molar-refractivity contribution is 0.0403. The number of ether oxygens (including phenoxy) is 2. The Morgan fingerprint density at radius 3 is 2.36 bits per heavy atom. The quantitative estimate of drug-likeness (QED) is 0.265. The van der Waals surface area contributed by atoms with Gasteiger partial charge in [-0.1, -0.05) is 43.2 Å². The van der Waals surface area contributed by atoms with E-state index in [2.05, 4.69) is 22.0 Å². The molecule has 2 N–H and O–H groups in total. The summed E-state index contributed by atoms with van der Waals surface area (Å²) in [5.74, 6) is 0.697. The van der Waals surface area contributed by atoms with E-state index < -0.39 is 0 Å². The van der Waals surface area contributed by atoms with Crippen LogP contribution in [0.5, 0.6) is 0 Å². The summed E-state index contributed by atoms with van der Waals surface area (Å²) in [4.78, 5) is 6.69. The van der Waals surface area contributed by atoms with E-state index in [0.717, 1.165) is 26.1 Å². The van der Waals surface area contributed by atoms with Crippen LogP contribution in [-0.2, 0) is 16.1 Å². The van der Waals surface area contributed by atoms with Crippen molar-refractivity contribution in [1.82, 2.24) is 4.90 Å². The number of guanidine groups is 1. The fourth-order valence-electron chi connectivity index (χ4n) is 2.74. The number of likely N-dealkylation sites (tertiary alicyclic amines) is 1. The van der Waals surface area contributed by atoms with Gasteiger partial charge in [-0.2, -0.15) is 0 Å². The molecule has 25 heavy (non-hydrogen) atoms. The molecule has 0 amide bonds. The van der Waals surface area contributed by atoms with E-state index >= 15 is 0 Å². The highest BCUT2D eigenvalue weighted by Crippen LogP contribution is 2.09. The fraction of sp³-hybridized carbons (Fsp3) is 0.632. The number of benzene rings is 1. The molecule has 1 aromatic rings. The first-order chi connectivity index (χ1) is 11.9. The summed E-state index contributed by atoms with van der Waals surface area (Å²) in [6.45, 7) is 5.40. The lowest BCUT2D eigenvalue weighted by Gasteiger charge is -2.21. The Bertz CT molecular complexity index is 463. The Labute approximate surface area is 169 Å². The average Bonchev–Trinajstić information content (AvgIpc) is 2.90. The number of halogens is 1. The second-order valence-corrected chi connectivity index (χ2v) is 6.15. The molecule has 1 heterocycles. The van der Waals surface area contributed by atoms with Crippen LogP contribution in [-0.4, -0.2) is 50.3 Å². The third-order valence-corrected chi connectivity index (χ3v) is 4.13. The molecule has 1 fully saturated rings. The normalized spacial score (nSPS) is 15.5. The van der Waals surface area contributed by atoms with Gasteiger partial charge in [0.2, 0.25) is 0 Å². The van der Waals surface area contributed by atoms with Crippen molar-refractivity contribution in [3.8, 4) is 0 Å². The molecule has 0 aliphatic carbocycles.